The number of aryl methyl sites for hydroxylation is 1. The lowest BCUT2D eigenvalue weighted by Crippen LogP contribution is -2.53. The lowest BCUT2D eigenvalue weighted by atomic mass is 9.91. The van der Waals surface area contributed by atoms with Crippen molar-refractivity contribution in [3.63, 3.8) is 0 Å². The highest BCUT2D eigenvalue weighted by Gasteiger charge is 2.43. The normalized spacial score (nSPS) is 24.4. The Labute approximate surface area is 128 Å². The standard InChI is InChI=1S/C14H18ClNO5/c1-9-3-4-12(11(7-9)16(17)18)21-13-8-10(15)14(13)20-6-5-19-2/h3-4,7,10,13-14H,5-6,8H2,1-2H3. The van der Waals surface area contributed by atoms with Crippen molar-refractivity contribution in [1.29, 1.82) is 0 Å². The molecule has 0 bridgehead atoms. The fourth-order valence-electron chi connectivity index (χ4n) is 2.15. The third-order valence-corrected chi connectivity index (χ3v) is 3.79. The molecule has 0 aliphatic heterocycles. The monoisotopic (exact) mass is 315 g/mol. The van der Waals surface area contributed by atoms with Gasteiger partial charge in [0.2, 0.25) is 0 Å². The number of nitrogens with zero attached hydrogens (tertiary/aromatic N) is 1. The first kappa shape index (κ1) is 16.0. The minimum atomic E-state index is -0.444. The van der Waals surface area contributed by atoms with Gasteiger partial charge in [-0.15, -0.1) is 11.6 Å². The number of ether oxygens (including phenoxy) is 3. The third-order valence-electron chi connectivity index (χ3n) is 3.37. The Kier molecular flexibility index (Phi) is 5.39. The summed E-state index contributed by atoms with van der Waals surface area (Å²) in [6.45, 7) is 2.68. The van der Waals surface area contributed by atoms with E-state index < -0.39 is 4.92 Å². The number of alkyl halides is 1. The minimum absolute atomic E-state index is 0.0383. The first-order valence-corrected chi connectivity index (χ1v) is 7.13. The Morgan fingerprint density at radius 3 is 2.81 bits per heavy atom. The van der Waals surface area contributed by atoms with Gasteiger partial charge in [-0.05, 0) is 18.6 Å². The molecule has 0 heterocycles. The van der Waals surface area contributed by atoms with Crippen molar-refractivity contribution in [3.05, 3.63) is 33.9 Å². The van der Waals surface area contributed by atoms with Crippen molar-refractivity contribution >= 4 is 17.3 Å². The van der Waals surface area contributed by atoms with Crippen LogP contribution in [0.5, 0.6) is 5.75 Å². The molecule has 1 aromatic rings. The van der Waals surface area contributed by atoms with Crippen LogP contribution in [0.15, 0.2) is 18.2 Å². The van der Waals surface area contributed by atoms with E-state index in [1.54, 1.807) is 26.2 Å². The molecule has 3 unspecified atom stereocenters. The number of hydrogen-bond donors (Lipinski definition) is 0. The molecule has 116 valence electrons. The van der Waals surface area contributed by atoms with Crippen LogP contribution < -0.4 is 4.74 Å². The van der Waals surface area contributed by atoms with Gasteiger partial charge in [0.25, 0.3) is 0 Å². The van der Waals surface area contributed by atoms with Crippen LogP contribution in [0.4, 0.5) is 5.69 Å². The molecule has 2 rings (SSSR count). The van der Waals surface area contributed by atoms with Crippen LogP contribution in [0.2, 0.25) is 0 Å². The summed E-state index contributed by atoms with van der Waals surface area (Å²) < 4.78 is 16.2. The number of halogens is 1. The maximum Gasteiger partial charge on any atom is 0.311 e. The van der Waals surface area contributed by atoms with E-state index in [0.29, 0.717) is 19.6 Å². The Morgan fingerprint density at radius 2 is 2.19 bits per heavy atom. The first-order chi connectivity index (χ1) is 10.0. The van der Waals surface area contributed by atoms with Gasteiger partial charge >= 0.3 is 5.69 Å². The van der Waals surface area contributed by atoms with Gasteiger partial charge in [0.15, 0.2) is 5.75 Å². The maximum atomic E-state index is 11.1. The lowest BCUT2D eigenvalue weighted by molar-refractivity contribution is -0.386. The molecule has 0 radical (unpaired) electrons. The molecule has 0 saturated heterocycles. The van der Waals surface area contributed by atoms with E-state index >= 15 is 0 Å². The predicted octanol–water partition coefficient (Wildman–Crippen LogP) is 2.69. The highest BCUT2D eigenvalue weighted by molar-refractivity contribution is 6.21. The van der Waals surface area contributed by atoms with Crippen molar-refractivity contribution in [2.24, 2.45) is 0 Å². The molecular formula is C14H18ClNO5. The summed E-state index contributed by atoms with van der Waals surface area (Å²) in [6.07, 6.45) is 0.0537. The van der Waals surface area contributed by atoms with Gasteiger partial charge in [0, 0.05) is 19.6 Å². The van der Waals surface area contributed by atoms with Gasteiger partial charge in [0.05, 0.1) is 23.5 Å². The van der Waals surface area contributed by atoms with Crippen LogP contribution >= 0.6 is 11.6 Å². The molecule has 1 aliphatic carbocycles. The Balaban J connectivity index is 2.03. The number of rotatable bonds is 7. The van der Waals surface area contributed by atoms with Crippen LogP contribution in [0.1, 0.15) is 12.0 Å². The highest BCUT2D eigenvalue weighted by atomic mass is 35.5. The number of hydrogen-bond acceptors (Lipinski definition) is 5. The first-order valence-electron chi connectivity index (χ1n) is 6.69. The van der Waals surface area contributed by atoms with E-state index in [-0.39, 0.29) is 29.0 Å². The molecule has 6 nitrogen and oxygen atoms in total. The molecule has 0 N–H and O–H groups in total. The molecule has 1 aliphatic rings. The fraction of sp³-hybridized carbons (Fsp3) is 0.571. The second-order valence-electron chi connectivity index (χ2n) is 4.96. The van der Waals surface area contributed by atoms with Crippen LogP contribution in [0, 0.1) is 17.0 Å². The zero-order valence-corrected chi connectivity index (χ0v) is 12.7. The predicted molar refractivity (Wildman–Crippen MR) is 78.1 cm³/mol. The molecule has 0 spiro atoms. The summed E-state index contributed by atoms with van der Waals surface area (Å²) in [7, 11) is 1.59. The second-order valence-corrected chi connectivity index (χ2v) is 5.53. The quantitative estimate of drug-likeness (QED) is 0.335. The minimum Gasteiger partial charge on any atom is -0.481 e. The molecule has 7 heteroatoms. The largest absolute Gasteiger partial charge is 0.481 e. The summed E-state index contributed by atoms with van der Waals surface area (Å²) in [5.74, 6) is 0.250. The second kappa shape index (κ2) is 7.06. The van der Waals surface area contributed by atoms with Crippen molar-refractivity contribution in [2.45, 2.75) is 30.9 Å². The smallest absolute Gasteiger partial charge is 0.311 e. The van der Waals surface area contributed by atoms with Gasteiger partial charge in [-0.2, -0.15) is 0 Å². The van der Waals surface area contributed by atoms with Gasteiger partial charge in [-0.25, -0.2) is 0 Å². The number of nitro benzene ring substituents is 1. The summed E-state index contributed by atoms with van der Waals surface area (Å²) >= 11 is 6.10. The van der Waals surface area contributed by atoms with Crippen molar-refractivity contribution in [2.75, 3.05) is 20.3 Å². The van der Waals surface area contributed by atoms with E-state index in [2.05, 4.69) is 0 Å². The van der Waals surface area contributed by atoms with Crippen LogP contribution in [0.3, 0.4) is 0 Å². The number of methoxy groups -OCH3 is 1. The molecule has 0 amide bonds. The van der Waals surface area contributed by atoms with Gasteiger partial charge in [-0.1, -0.05) is 6.07 Å². The molecule has 3 atom stereocenters. The summed E-state index contributed by atoms with van der Waals surface area (Å²) in [6, 6.07) is 4.88. The highest BCUT2D eigenvalue weighted by Crippen LogP contribution is 2.36. The van der Waals surface area contributed by atoms with E-state index in [4.69, 9.17) is 25.8 Å². The number of nitro groups is 1. The van der Waals surface area contributed by atoms with Crippen LogP contribution in [0.25, 0.3) is 0 Å². The lowest BCUT2D eigenvalue weighted by Gasteiger charge is -2.40. The van der Waals surface area contributed by atoms with Gasteiger partial charge < -0.3 is 14.2 Å². The van der Waals surface area contributed by atoms with E-state index in [9.17, 15) is 10.1 Å². The van der Waals surface area contributed by atoms with Gasteiger partial charge in [-0.3, -0.25) is 10.1 Å². The Bertz CT molecular complexity index is 510. The SMILES string of the molecule is COCCOC1C(Cl)CC1Oc1ccc(C)cc1[N+](=O)[O-]. The molecule has 21 heavy (non-hydrogen) atoms. The van der Waals surface area contributed by atoms with E-state index in [1.165, 1.54) is 6.07 Å². The molecule has 0 aromatic heterocycles. The fourth-order valence-corrected chi connectivity index (χ4v) is 2.57. The average molecular weight is 316 g/mol. The van der Waals surface area contributed by atoms with Crippen molar-refractivity contribution < 1.29 is 19.1 Å². The van der Waals surface area contributed by atoms with Crippen LogP contribution in [-0.2, 0) is 9.47 Å². The topological polar surface area (TPSA) is 70.8 Å². The zero-order chi connectivity index (χ0) is 15.4. The van der Waals surface area contributed by atoms with Gasteiger partial charge in [0.1, 0.15) is 12.2 Å². The molecular weight excluding hydrogens is 298 g/mol. The third kappa shape index (κ3) is 3.84. The average Bonchev–Trinajstić information content (AvgIpc) is 2.44. The molecule has 1 saturated carbocycles. The van der Waals surface area contributed by atoms with Crippen molar-refractivity contribution in [3.8, 4) is 5.75 Å². The zero-order valence-electron chi connectivity index (χ0n) is 12.0. The van der Waals surface area contributed by atoms with E-state index in [0.717, 1.165) is 5.56 Å². The Morgan fingerprint density at radius 1 is 1.43 bits per heavy atom. The Hall–Kier alpha value is -1.37. The summed E-state index contributed by atoms with van der Waals surface area (Å²) in [4.78, 5) is 10.6. The van der Waals surface area contributed by atoms with Crippen LogP contribution in [-0.4, -0.2) is 42.8 Å². The number of benzene rings is 1. The molecule has 1 aromatic carbocycles. The van der Waals surface area contributed by atoms with Crippen molar-refractivity contribution in [1.82, 2.24) is 0 Å². The summed E-state index contributed by atoms with van der Waals surface area (Å²) in [5, 5.41) is 10.9. The van der Waals surface area contributed by atoms with E-state index in [1.807, 2.05) is 0 Å². The maximum absolute atomic E-state index is 11.1. The summed E-state index contributed by atoms with van der Waals surface area (Å²) in [5.41, 5.74) is 0.773. The molecule has 1 fully saturated rings.